The van der Waals surface area contributed by atoms with E-state index in [0.29, 0.717) is 11.6 Å². The van der Waals surface area contributed by atoms with Crippen LogP contribution in [0.5, 0.6) is 0 Å². The monoisotopic (exact) mass is 446 g/mol. The minimum absolute atomic E-state index is 0.00602. The van der Waals surface area contributed by atoms with E-state index in [0.717, 1.165) is 17.7 Å². The Bertz CT molecular complexity index is 844. The van der Waals surface area contributed by atoms with Crippen LogP contribution in [0.25, 0.3) is 0 Å². The number of fused-ring (bicyclic) bond motifs is 1. The van der Waals surface area contributed by atoms with Crippen molar-refractivity contribution in [1.82, 2.24) is 0 Å². The maximum atomic E-state index is 13.8. The van der Waals surface area contributed by atoms with Gasteiger partial charge < -0.3 is 9.09 Å². The number of nitrogens with zero attached hydrogens (tertiary/aromatic N) is 2. The molecule has 1 aromatic rings. The van der Waals surface area contributed by atoms with Gasteiger partial charge in [-0.05, 0) is 41.1 Å². The third-order valence-corrected chi connectivity index (χ3v) is 16.6. The molecule has 0 bridgehead atoms. The van der Waals surface area contributed by atoms with E-state index >= 15 is 0 Å². The highest BCUT2D eigenvalue weighted by Crippen LogP contribution is 2.46. The van der Waals surface area contributed by atoms with Crippen LogP contribution < -0.4 is 4.57 Å². The Labute approximate surface area is 186 Å². The first-order valence-electron chi connectivity index (χ1n) is 11.1. The number of anilines is 1. The largest absolute Gasteiger partial charge is 0.454 e. The van der Waals surface area contributed by atoms with Crippen LogP contribution in [0, 0.1) is 5.92 Å². The van der Waals surface area contributed by atoms with Crippen LogP contribution in [0.2, 0.25) is 36.3 Å². The molecular weight excluding hydrogens is 404 g/mol. The Morgan fingerprint density at radius 1 is 1.00 bits per heavy atom. The number of para-hydroxylation sites is 1. The number of rotatable bonds is 5. The van der Waals surface area contributed by atoms with E-state index in [1.54, 1.807) is 0 Å². The zero-order valence-electron chi connectivity index (χ0n) is 21.2. The van der Waals surface area contributed by atoms with Gasteiger partial charge in [0, 0.05) is 11.3 Å². The number of hydrogen-bond donors (Lipinski definition) is 0. The van der Waals surface area contributed by atoms with Crippen molar-refractivity contribution in [3.8, 4) is 0 Å². The third kappa shape index (κ3) is 4.45. The SMILES string of the molecule is CC(C)Cc1cccc2c1N([Si](C)(C)C(C)(C)C)C(=O)/C2=N\O[Si](C)(C)C(C)(C)C. The second-order valence-electron chi connectivity index (χ2n) is 12.2. The van der Waals surface area contributed by atoms with E-state index in [-0.39, 0.29) is 16.0 Å². The molecule has 0 fully saturated rings. The number of hydrogen-bond acceptors (Lipinski definition) is 3. The summed E-state index contributed by atoms with van der Waals surface area (Å²) < 4.78 is 8.29. The molecule has 168 valence electrons. The minimum Gasteiger partial charge on any atom is -0.454 e. The molecule has 1 aromatic carbocycles. The molecule has 0 spiro atoms. The molecule has 0 radical (unpaired) electrons. The van der Waals surface area contributed by atoms with E-state index in [1.807, 2.05) is 6.07 Å². The molecule has 0 saturated heterocycles. The van der Waals surface area contributed by atoms with Crippen LogP contribution in [0.3, 0.4) is 0 Å². The average molecular weight is 447 g/mol. The summed E-state index contributed by atoms with van der Waals surface area (Å²) in [5.41, 5.74) is 3.71. The van der Waals surface area contributed by atoms with Crippen LogP contribution in [0.1, 0.15) is 66.5 Å². The highest BCUT2D eigenvalue weighted by atomic mass is 28.4. The number of amides is 1. The summed E-state index contributed by atoms with van der Waals surface area (Å²) in [5, 5.41) is 4.62. The van der Waals surface area contributed by atoms with Crippen molar-refractivity contribution in [3.63, 3.8) is 0 Å². The Kier molecular flexibility index (Phi) is 6.57. The van der Waals surface area contributed by atoms with Gasteiger partial charge in [-0.1, -0.05) is 91.8 Å². The maximum Gasteiger partial charge on any atom is 0.286 e. The molecule has 0 N–H and O–H groups in total. The van der Waals surface area contributed by atoms with Gasteiger partial charge in [-0.15, -0.1) is 0 Å². The zero-order valence-corrected chi connectivity index (χ0v) is 23.2. The van der Waals surface area contributed by atoms with Gasteiger partial charge in [0.05, 0.1) is 0 Å². The van der Waals surface area contributed by atoms with Gasteiger partial charge in [-0.25, -0.2) is 0 Å². The molecule has 1 aliphatic rings. The third-order valence-electron chi connectivity index (χ3n) is 7.20. The number of carbonyl (C=O) groups excluding carboxylic acids is 1. The van der Waals surface area contributed by atoms with Crippen molar-refractivity contribution in [2.75, 3.05) is 4.57 Å². The summed E-state index contributed by atoms with van der Waals surface area (Å²) in [4.78, 5) is 13.8. The molecule has 1 heterocycles. The standard InChI is InChI=1S/C24H42N2O2Si2/c1-17(2)16-18-14-13-15-19-20(25-28-30(11,12)24(6,7)8)22(27)26(21(18)19)29(9,10)23(3,4)5/h13-15,17H,16H2,1-12H3/b25-20-. The summed E-state index contributed by atoms with van der Waals surface area (Å²) >= 11 is 0. The molecule has 4 nitrogen and oxygen atoms in total. The van der Waals surface area contributed by atoms with Gasteiger partial charge in [0.2, 0.25) is 0 Å². The van der Waals surface area contributed by atoms with Crippen molar-refractivity contribution in [1.29, 1.82) is 0 Å². The number of carbonyl (C=O) groups is 1. The fourth-order valence-corrected chi connectivity index (χ4v) is 5.93. The van der Waals surface area contributed by atoms with E-state index in [1.165, 1.54) is 5.56 Å². The van der Waals surface area contributed by atoms with Gasteiger partial charge in [0.15, 0.2) is 13.9 Å². The van der Waals surface area contributed by atoms with Gasteiger partial charge in [-0.3, -0.25) is 4.79 Å². The summed E-state index contributed by atoms with van der Waals surface area (Å²) in [6.45, 7) is 26.7. The predicted molar refractivity (Wildman–Crippen MR) is 134 cm³/mol. The lowest BCUT2D eigenvalue weighted by Crippen LogP contribution is -2.57. The van der Waals surface area contributed by atoms with Gasteiger partial charge in [0.1, 0.15) is 0 Å². The average Bonchev–Trinajstić information content (AvgIpc) is 2.83. The molecule has 1 amide bonds. The first-order chi connectivity index (χ1) is 13.4. The highest BCUT2D eigenvalue weighted by Gasteiger charge is 2.51. The topological polar surface area (TPSA) is 41.9 Å². The molecule has 6 heteroatoms. The molecule has 0 saturated carbocycles. The summed E-state index contributed by atoms with van der Waals surface area (Å²) in [6.07, 6.45) is 0.942. The molecule has 0 aliphatic carbocycles. The van der Waals surface area contributed by atoms with E-state index < -0.39 is 16.6 Å². The first kappa shape index (κ1) is 24.9. The lowest BCUT2D eigenvalue weighted by atomic mass is 9.98. The maximum absolute atomic E-state index is 13.8. The lowest BCUT2D eigenvalue weighted by molar-refractivity contribution is -0.111. The molecule has 2 rings (SSSR count). The predicted octanol–water partition coefficient (Wildman–Crippen LogP) is 6.96. The smallest absolute Gasteiger partial charge is 0.286 e. The van der Waals surface area contributed by atoms with Crippen molar-refractivity contribution in [2.24, 2.45) is 11.1 Å². The molecule has 0 unspecified atom stereocenters. The second-order valence-corrected chi connectivity index (χ2v) is 21.9. The van der Waals surface area contributed by atoms with Crippen LogP contribution in [0.15, 0.2) is 23.4 Å². The fourth-order valence-electron chi connectivity index (χ4n) is 3.23. The van der Waals surface area contributed by atoms with Crippen molar-refractivity contribution in [2.45, 2.75) is 98.1 Å². The molecular formula is C24H42N2O2Si2. The van der Waals surface area contributed by atoms with Crippen LogP contribution >= 0.6 is 0 Å². The first-order valence-corrected chi connectivity index (χ1v) is 17.0. The van der Waals surface area contributed by atoms with E-state index in [9.17, 15) is 4.79 Å². The molecule has 30 heavy (non-hydrogen) atoms. The molecule has 1 aliphatic heterocycles. The zero-order chi connectivity index (χ0) is 23.3. The van der Waals surface area contributed by atoms with Gasteiger partial charge in [0.25, 0.3) is 14.2 Å². The van der Waals surface area contributed by atoms with Crippen LogP contribution in [-0.2, 0) is 15.7 Å². The quantitative estimate of drug-likeness (QED) is 0.362. The second kappa shape index (κ2) is 7.93. The van der Waals surface area contributed by atoms with Crippen LogP contribution in [0.4, 0.5) is 5.69 Å². The highest BCUT2D eigenvalue weighted by molar-refractivity contribution is 6.90. The summed E-state index contributed by atoms with van der Waals surface area (Å²) in [7, 11) is -4.28. The van der Waals surface area contributed by atoms with Crippen molar-refractivity contribution in [3.05, 3.63) is 29.3 Å². The van der Waals surface area contributed by atoms with Gasteiger partial charge >= 0.3 is 0 Å². The molecule has 0 aromatic heterocycles. The van der Waals surface area contributed by atoms with E-state index in [4.69, 9.17) is 4.53 Å². The van der Waals surface area contributed by atoms with E-state index in [2.05, 4.69) is 103 Å². The number of benzene rings is 1. The molecule has 0 atom stereocenters. The Morgan fingerprint density at radius 3 is 2.03 bits per heavy atom. The van der Waals surface area contributed by atoms with Crippen molar-refractivity contribution >= 4 is 33.9 Å². The normalized spacial score (nSPS) is 17.2. The fraction of sp³-hybridized carbons (Fsp3) is 0.667. The lowest BCUT2D eigenvalue weighted by Gasteiger charge is -2.44. The Morgan fingerprint density at radius 2 is 1.57 bits per heavy atom. The van der Waals surface area contributed by atoms with Crippen LogP contribution in [-0.4, -0.2) is 28.2 Å². The Hall–Kier alpha value is -1.41. The van der Waals surface area contributed by atoms with Crippen molar-refractivity contribution < 1.29 is 9.32 Å². The number of oxime groups is 1. The van der Waals surface area contributed by atoms with Gasteiger partial charge in [-0.2, -0.15) is 0 Å². The minimum atomic E-state index is -2.16. The Balaban J connectivity index is 2.69. The summed E-state index contributed by atoms with van der Waals surface area (Å²) in [6, 6.07) is 6.27. The summed E-state index contributed by atoms with van der Waals surface area (Å²) in [5.74, 6) is 0.517.